The Kier molecular flexibility index (Phi) is 5.80. The van der Waals surface area contributed by atoms with Crippen LogP contribution in [-0.2, 0) is 0 Å². The summed E-state index contributed by atoms with van der Waals surface area (Å²) in [6.45, 7) is 1.08. The number of non-ortho nitro benzene ring substituents is 1. The molecule has 0 radical (unpaired) electrons. The van der Waals surface area contributed by atoms with Crippen LogP contribution in [0, 0.1) is 10.1 Å². The van der Waals surface area contributed by atoms with Gasteiger partial charge in [0, 0.05) is 46.1 Å². The van der Waals surface area contributed by atoms with Crippen LogP contribution in [0.3, 0.4) is 0 Å². The monoisotopic (exact) mass is 391 g/mol. The maximum absolute atomic E-state index is 13.0. The third-order valence-corrected chi connectivity index (χ3v) is 5.53. The number of benzene rings is 2. The number of nitro benzene ring substituents is 1. The molecule has 8 heteroatoms. The van der Waals surface area contributed by atoms with Crippen molar-refractivity contribution in [3.8, 4) is 0 Å². The Morgan fingerprint density at radius 3 is 2.65 bits per heavy atom. The lowest BCUT2D eigenvalue weighted by Crippen LogP contribution is -2.45. The first-order chi connectivity index (χ1) is 12.4. The van der Waals surface area contributed by atoms with E-state index in [1.807, 2.05) is 12.1 Å². The fourth-order valence-electron chi connectivity index (χ4n) is 2.88. The first-order valence-electron chi connectivity index (χ1n) is 8.21. The molecule has 0 spiro atoms. The Bertz CT molecular complexity index is 829. The second-order valence-corrected chi connectivity index (χ2v) is 7.70. The van der Waals surface area contributed by atoms with Gasteiger partial charge in [-0.3, -0.25) is 14.9 Å². The van der Waals surface area contributed by atoms with Crippen LogP contribution in [0.5, 0.6) is 0 Å². The summed E-state index contributed by atoms with van der Waals surface area (Å²) < 4.78 is 0. The average molecular weight is 392 g/mol. The van der Waals surface area contributed by atoms with E-state index in [9.17, 15) is 14.9 Å². The van der Waals surface area contributed by atoms with Crippen LogP contribution in [0.25, 0.3) is 0 Å². The molecule has 136 valence electrons. The van der Waals surface area contributed by atoms with Crippen molar-refractivity contribution in [3.63, 3.8) is 0 Å². The summed E-state index contributed by atoms with van der Waals surface area (Å²) in [5, 5.41) is 11.8. The Balaban J connectivity index is 1.94. The minimum Gasteiger partial charge on any atom is -0.337 e. The molecule has 0 aromatic heterocycles. The van der Waals surface area contributed by atoms with E-state index in [0.717, 1.165) is 17.7 Å². The van der Waals surface area contributed by atoms with Gasteiger partial charge in [0.1, 0.15) is 0 Å². The summed E-state index contributed by atoms with van der Waals surface area (Å²) in [6, 6.07) is 11.5. The first-order valence-corrected chi connectivity index (χ1v) is 9.40. The number of nitro groups is 1. The van der Waals surface area contributed by atoms with E-state index >= 15 is 0 Å². The number of piperidine rings is 1. The molecule has 1 heterocycles. The number of hydrogen-bond acceptors (Lipinski definition) is 5. The zero-order chi connectivity index (χ0) is 18.7. The Labute approximate surface area is 160 Å². The third-order valence-electron chi connectivity index (χ3n) is 4.19. The van der Waals surface area contributed by atoms with Crippen molar-refractivity contribution in [1.29, 1.82) is 0 Å². The van der Waals surface area contributed by atoms with Crippen LogP contribution in [0.15, 0.2) is 52.3 Å². The maximum Gasteiger partial charge on any atom is 0.270 e. The number of hydrogen-bond donors (Lipinski definition) is 1. The van der Waals surface area contributed by atoms with Crippen molar-refractivity contribution >= 4 is 35.0 Å². The minimum atomic E-state index is -0.491. The lowest BCUT2D eigenvalue weighted by Gasteiger charge is -2.31. The number of carbonyl (C=O) groups is 1. The molecule has 2 aromatic rings. The summed E-state index contributed by atoms with van der Waals surface area (Å²) >= 11 is 7.29. The molecule has 26 heavy (non-hydrogen) atoms. The predicted octanol–water partition coefficient (Wildman–Crippen LogP) is 3.96. The molecule has 1 aliphatic heterocycles. The van der Waals surface area contributed by atoms with Gasteiger partial charge in [0.15, 0.2) is 0 Å². The summed E-state index contributed by atoms with van der Waals surface area (Å²) in [5.41, 5.74) is 6.20. The zero-order valence-electron chi connectivity index (χ0n) is 13.9. The predicted molar refractivity (Wildman–Crippen MR) is 102 cm³/mol. The van der Waals surface area contributed by atoms with Gasteiger partial charge in [0.2, 0.25) is 0 Å². The van der Waals surface area contributed by atoms with E-state index in [-0.39, 0.29) is 17.6 Å². The smallest absolute Gasteiger partial charge is 0.270 e. The van der Waals surface area contributed by atoms with Gasteiger partial charge in [-0.15, -0.1) is 0 Å². The van der Waals surface area contributed by atoms with Crippen LogP contribution in [0.1, 0.15) is 23.2 Å². The fraction of sp³-hybridized carbons (Fsp3) is 0.278. The molecule has 1 amide bonds. The van der Waals surface area contributed by atoms with Crippen LogP contribution < -0.4 is 5.73 Å². The van der Waals surface area contributed by atoms with Gasteiger partial charge < -0.3 is 10.6 Å². The maximum atomic E-state index is 13.0. The molecule has 6 nitrogen and oxygen atoms in total. The fourth-order valence-corrected chi connectivity index (χ4v) is 3.93. The van der Waals surface area contributed by atoms with E-state index in [4.69, 9.17) is 17.3 Å². The van der Waals surface area contributed by atoms with Crippen LogP contribution in [0.4, 0.5) is 5.69 Å². The van der Waals surface area contributed by atoms with Crippen LogP contribution >= 0.6 is 23.4 Å². The van der Waals surface area contributed by atoms with Crippen molar-refractivity contribution in [2.75, 3.05) is 13.1 Å². The van der Waals surface area contributed by atoms with Gasteiger partial charge >= 0.3 is 0 Å². The van der Waals surface area contributed by atoms with Gasteiger partial charge in [0.05, 0.1) is 10.5 Å². The Morgan fingerprint density at radius 2 is 2.00 bits per heavy atom. The quantitative estimate of drug-likeness (QED) is 0.629. The standard InChI is InChI=1S/C18H18ClN3O3S/c19-12-3-6-15(7-4-12)26-17-8-5-14(22(24)25)10-16(17)18(23)21-9-1-2-13(20)11-21/h3-8,10,13H,1-2,9,11,20H2/t13-/m0/s1. The van der Waals surface area contributed by atoms with Gasteiger partial charge in [-0.05, 0) is 43.2 Å². The SMILES string of the molecule is N[C@H]1CCCN(C(=O)c2cc([N+](=O)[O-])ccc2Sc2ccc(Cl)cc2)C1. The lowest BCUT2D eigenvalue weighted by atomic mass is 10.1. The summed E-state index contributed by atoms with van der Waals surface area (Å²) in [7, 11) is 0. The normalized spacial score (nSPS) is 17.2. The average Bonchev–Trinajstić information content (AvgIpc) is 2.63. The summed E-state index contributed by atoms with van der Waals surface area (Å²) in [4.78, 5) is 26.9. The molecule has 1 atom stereocenters. The second kappa shape index (κ2) is 8.07. The number of likely N-dealkylation sites (tertiary alicyclic amines) is 1. The highest BCUT2D eigenvalue weighted by Gasteiger charge is 2.26. The number of rotatable bonds is 4. The minimum absolute atomic E-state index is 0.0567. The van der Waals surface area contributed by atoms with Crippen molar-refractivity contribution in [2.45, 2.75) is 28.7 Å². The van der Waals surface area contributed by atoms with E-state index in [1.165, 1.54) is 23.9 Å². The second-order valence-electron chi connectivity index (χ2n) is 6.15. The molecule has 1 saturated heterocycles. The largest absolute Gasteiger partial charge is 0.337 e. The first kappa shape index (κ1) is 18.7. The van der Waals surface area contributed by atoms with E-state index < -0.39 is 4.92 Å². The zero-order valence-corrected chi connectivity index (χ0v) is 15.5. The number of nitrogens with zero attached hydrogens (tertiary/aromatic N) is 2. The molecule has 0 aliphatic carbocycles. The van der Waals surface area contributed by atoms with Crippen molar-refractivity contribution in [3.05, 3.63) is 63.2 Å². The number of nitrogens with two attached hydrogens (primary N) is 1. The van der Waals surface area contributed by atoms with Crippen LogP contribution in [-0.4, -0.2) is 34.9 Å². The Hall–Kier alpha value is -2.09. The number of carbonyl (C=O) groups excluding carboxylic acids is 1. The van der Waals surface area contributed by atoms with E-state index in [2.05, 4.69) is 0 Å². The highest BCUT2D eigenvalue weighted by atomic mass is 35.5. The molecular weight excluding hydrogens is 374 g/mol. The summed E-state index contributed by atoms with van der Waals surface area (Å²) in [6.07, 6.45) is 1.71. The molecule has 0 bridgehead atoms. The van der Waals surface area contributed by atoms with Gasteiger partial charge in [-0.2, -0.15) is 0 Å². The third kappa shape index (κ3) is 4.35. The van der Waals surface area contributed by atoms with Crippen molar-refractivity contribution in [2.24, 2.45) is 5.73 Å². The molecule has 2 aromatic carbocycles. The summed E-state index contributed by atoms with van der Waals surface area (Å²) in [5.74, 6) is -0.222. The van der Waals surface area contributed by atoms with Gasteiger partial charge in [0.25, 0.3) is 11.6 Å². The molecule has 2 N–H and O–H groups in total. The molecule has 3 rings (SSSR count). The van der Waals surface area contributed by atoms with Gasteiger partial charge in [-0.25, -0.2) is 0 Å². The number of amides is 1. The number of halogens is 1. The van der Waals surface area contributed by atoms with Crippen LogP contribution in [0.2, 0.25) is 5.02 Å². The van der Waals surface area contributed by atoms with E-state index in [1.54, 1.807) is 23.1 Å². The highest BCUT2D eigenvalue weighted by Crippen LogP contribution is 2.34. The highest BCUT2D eigenvalue weighted by molar-refractivity contribution is 7.99. The van der Waals surface area contributed by atoms with Crippen molar-refractivity contribution < 1.29 is 9.72 Å². The molecule has 0 saturated carbocycles. The van der Waals surface area contributed by atoms with Gasteiger partial charge in [-0.1, -0.05) is 23.4 Å². The van der Waals surface area contributed by atoms with Crippen molar-refractivity contribution in [1.82, 2.24) is 4.90 Å². The van der Waals surface area contributed by atoms with E-state index in [0.29, 0.717) is 28.6 Å². The topological polar surface area (TPSA) is 89.5 Å². The Morgan fingerprint density at radius 1 is 1.27 bits per heavy atom. The molecule has 0 unspecified atom stereocenters. The molecular formula is C18H18ClN3O3S. The lowest BCUT2D eigenvalue weighted by molar-refractivity contribution is -0.384. The molecule has 1 aliphatic rings. The molecule has 1 fully saturated rings.